The Kier molecular flexibility index (Phi) is 8.73. The van der Waals surface area contributed by atoms with Crippen LogP contribution in [0.25, 0.3) is 0 Å². The van der Waals surface area contributed by atoms with E-state index in [0.29, 0.717) is 12.3 Å². The van der Waals surface area contributed by atoms with Crippen molar-refractivity contribution in [3.63, 3.8) is 0 Å². The summed E-state index contributed by atoms with van der Waals surface area (Å²) in [6.07, 6.45) is 20.1. The quantitative estimate of drug-likeness (QED) is 0.401. The number of hydrogen-bond donors (Lipinski definition) is 2. The van der Waals surface area contributed by atoms with Crippen LogP contribution in [0, 0.1) is 18.3 Å². The Hall–Kier alpha value is -1.42. The summed E-state index contributed by atoms with van der Waals surface area (Å²) in [7, 11) is 0. The summed E-state index contributed by atoms with van der Waals surface area (Å²) >= 11 is 0. The second-order valence-electron chi connectivity index (χ2n) is 9.03. The van der Waals surface area contributed by atoms with Crippen molar-refractivity contribution in [3.8, 4) is 5.75 Å². The average molecular weight is 499 g/mol. The van der Waals surface area contributed by atoms with E-state index in [4.69, 9.17) is 16.2 Å². The van der Waals surface area contributed by atoms with E-state index in [-0.39, 0.29) is 22.4 Å². The molecule has 1 aromatic rings. The molecule has 0 atom stereocenters. The van der Waals surface area contributed by atoms with Crippen molar-refractivity contribution in [2.24, 2.45) is 23.3 Å². The van der Waals surface area contributed by atoms with Gasteiger partial charge in [-0.15, -0.1) is 0 Å². The van der Waals surface area contributed by atoms with Gasteiger partial charge in [-0.1, -0.05) is 31.1 Å². The maximum absolute atomic E-state index is 6.00. The molecular weight excluding hydrogens is 464 g/mol. The van der Waals surface area contributed by atoms with Crippen molar-refractivity contribution in [2.75, 3.05) is 6.61 Å². The van der Waals surface area contributed by atoms with Gasteiger partial charge in [0, 0.05) is 11.4 Å². The molecule has 0 unspecified atom stereocenters. The largest absolute Gasteiger partial charge is 1.00 e. The van der Waals surface area contributed by atoms with Gasteiger partial charge in [0.05, 0.1) is 0 Å². The van der Waals surface area contributed by atoms with E-state index in [1.807, 2.05) is 12.2 Å². The Balaban J connectivity index is 0.00000256. The second-order valence-corrected chi connectivity index (χ2v) is 9.03. The number of nitrogens with two attached hydrogens (primary N) is 2. The van der Waals surface area contributed by atoms with E-state index >= 15 is 0 Å². The van der Waals surface area contributed by atoms with E-state index < -0.39 is 0 Å². The Bertz CT molecular complexity index is 767. The van der Waals surface area contributed by atoms with Gasteiger partial charge in [-0.05, 0) is 85.3 Å². The number of rotatable bonds is 5. The molecule has 0 saturated heterocycles. The number of hydrogen-bond acceptors (Lipinski definition) is 3. The van der Waals surface area contributed by atoms with Crippen LogP contribution in [0.5, 0.6) is 5.75 Å². The Labute approximate surface area is 197 Å². The molecule has 0 amide bonds. The molecule has 0 spiro atoms. The number of allylic oxidation sites excluding steroid dienone is 3. The molecule has 0 aliphatic heterocycles. The van der Waals surface area contributed by atoms with Crippen molar-refractivity contribution in [1.82, 2.24) is 0 Å². The maximum atomic E-state index is 6.00. The predicted octanol–water partition coefficient (Wildman–Crippen LogP) is 5.75. The Morgan fingerprint density at radius 3 is 2.20 bits per heavy atom. The summed E-state index contributed by atoms with van der Waals surface area (Å²) in [6, 6.07) is 8.78. The molecule has 0 heterocycles. The van der Waals surface area contributed by atoms with Crippen molar-refractivity contribution >= 4 is 0 Å². The van der Waals surface area contributed by atoms with Gasteiger partial charge in [0.25, 0.3) is 0 Å². The van der Waals surface area contributed by atoms with Crippen LogP contribution in [0.3, 0.4) is 0 Å². The fourth-order valence-corrected chi connectivity index (χ4v) is 5.30. The second kappa shape index (κ2) is 11.3. The van der Waals surface area contributed by atoms with Gasteiger partial charge >= 0.3 is 22.4 Å². The zero-order chi connectivity index (χ0) is 20.1. The molecule has 3 nitrogen and oxygen atoms in total. The standard InChI is InChI=1S/C26H35N2O.Ag/c27-24-13-6-19(16-25(28)17-24)18-29-26-14-11-23(12-15-26)22-9-7-21(8-10-22)20-4-2-1-3-5-20;/h1,11-17,20-22H,2-10,18,27-28H2;/q-1;+1. The SMILES string of the molecule is NC1=CCC(COc2ccc(C3CCC(C4CC[CH-]CC4)CC3)cc2)=CC(N)=C1.[Ag+]. The molecule has 3 aliphatic carbocycles. The summed E-state index contributed by atoms with van der Waals surface area (Å²) in [6.45, 7) is 0.543. The third-order valence-corrected chi connectivity index (χ3v) is 7.00. The first-order valence-electron chi connectivity index (χ1n) is 11.3. The third-order valence-electron chi connectivity index (χ3n) is 7.00. The fraction of sp³-hybridized carbons (Fsp3) is 0.500. The first-order valence-corrected chi connectivity index (χ1v) is 11.3. The van der Waals surface area contributed by atoms with Crippen LogP contribution >= 0.6 is 0 Å². The van der Waals surface area contributed by atoms with Crippen molar-refractivity contribution < 1.29 is 27.1 Å². The van der Waals surface area contributed by atoms with E-state index in [2.05, 4.69) is 30.7 Å². The van der Waals surface area contributed by atoms with Crippen LogP contribution in [0.2, 0.25) is 0 Å². The molecule has 2 saturated carbocycles. The van der Waals surface area contributed by atoms with Crippen LogP contribution in [-0.2, 0) is 22.4 Å². The molecule has 2 fully saturated rings. The molecule has 4 rings (SSSR count). The van der Waals surface area contributed by atoms with Gasteiger partial charge in [0.15, 0.2) is 0 Å². The Morgan fingerprint density at radius 2 is 1.50 bits per heavy atom. The molecule has 4 N–H and O–H groups in total. The summed E-state index contributed by atoms with van der Waals surface area (Å²) in [5, 5.41) is 0. The predicted molar refractivity (Wildman–Crippen MR) is 120 cm³/mol. The molecule has 1 aromatic carbocycles. The van der Waals surface area contributed by atoms with E-state index in [1.165, 1.54) is 56.9 Å². The van der Waals surface area contributed by atoms with Crippen LogP contribution in [-0.4, -0.2) is 6.61 Å². The minimum absolute atomic E-state index is 0. The first-order chi connectivity index (χ1) is 14.2. The van der Waals surface area contributed by atoms with Gasteiger partial charge in [0.1, 0.15) is 12.4 Å². The molecule has 0 radical (unpaired) electrons. The topological polar surface area (TPSA) is 61.3 Å². The average Bonchev–Trinajstić information content (AvgIpc) is 2.93. The molecular formula is C26H35AgN2O. The maximum Gasteiger partial charge on any atom is 1.00 e. The normalized spacial score (nSPS) is 25.3. The fourth-order valence-electron chi connectivity index (χ4n) is 5.30. The molecule has 3 aliphatic rings. The first kappa shape index (κ1) is 23.2. The summed E-state index contributed by atoms with van der Waals surface area (Å²) in [5.74, 6) is 3.60. The summed E-state index contributed by atoms with van der Waals surface area (Å²) in [4.78, 5) is 0. The van der Waals surface area contributed by atoms with Crippen molar-refractivity contribution in [3.05, 3.63) is 71.4 Å². The third kappa shape index (κ3) is 6.29. The summed E-state index contributed by atoms with van der Waals surface area (Å²) in [5.41, 5.74) is 15.8. The van der Waals surface area contributed by atoms with Crippen molar-refractivity contribution in [1.29, 1.82) is 0 Å². The number of benzene rings is 1. The van der Waals surface area contributed by atoms with Gasteiger partial charge in [-0.2, -0.15) is 12.8 Å². The zero-order valence-electron chi connectivity index (χ0n) is 17.8. The number of ether oxygens (including phenoxy) is 1. The monoisotopic (exact) mass is 498 g/mol. The van der Waals surface area contributed by atoms with Gasteiger partial charge in [-0.25, -0.2) is 0 Å². The molecule has 166 valence electrons. The van der Waals surface area contributed by atoms with Crippen LogP contribution in [0.15, 0.2) is 59.5 Å². The molecule has 0 bridgehead atoms. The Morgan fingerprint density at radius 1 is 0.833 bits per heavy atom. The zero-order valence-corrected chi connectivity index (χ0v) is 19.3. The van der Waals surface area contributed by atoms with Crippen LogP contribution < -0.4 is 16.2 Å². The minimum atomic E-state index is 0. The van der Waals surface area contributed by atoms with Gasteiger partial charge < -0.3 is 22.6 Å². The van der Waals surface area contributed by atoms with E-state index in [1.54, 1.807) is 6.08 Å². The molecule has 30 heavy (non-hydrogen) atoms. The van der Waals surface area contributed by atoms with Crippen LogP contribution in [0.4, 0.5) is 0 Å². The molecule has 4 heteroatoms. The summed E-state index contributed by atoms with van der Waals surface area (Å²) < 4.78 is 6.00. The van der Waals surface area contributed by atoms with Crippen molar-refractivity contribution in [2.45, 2.75) is 63.7 Å². The van der Waals surface area contributed by atoms with Gasteiger partial charge in [-0.3, -0.25) is 0 Å². The van der Waals surface area contributed by atoms with E-state index in [9.17, 15) is 0 Å². The molecule has 0 aromatic heterocycles. The smallest absolute Gasteiger partial charge is 0.489 e. The van der Waals surface area contributed by atoms with Gasteiger partial charge in [0.2, 0.25) is 0 Å². The van der Waals surface area contributed by atoms with E-state index in [0.717, 1.165) is 41.2 Å². The van der Waals surface area contributed by atoms with Crippen LogP contribution in [0.1, 0.15) is 69.3 Å². The minimum Gasteiger partial charge on any atom is -0.489 e.